The predicted molar refractivity (Wildman–Crippen MR) is 147 cm³/mol. The highest BCUT2D eigenvalue weighted by Gasteiger charge is 2.09. The Morgan fingerprint density at radius 3 is 1.21 bits per heavy atom. The second kappa shape index (κ2) is 10.6. The van der Waals surface area contributed by atoms with Crippen LogP contribution < -0.4 is 0 Å². The summed E-state index contributed by atoms with van der Waals surface area (Å²) < 4.78 is 0. The Labute approximate surface area is 213 Å². The van der Waals surface area contributed by atoms with Crippen molar-refractivity contribution < 1.29 is 0 Å². The number of hydrogen-bond acceptors (Lipinski definition) is 5. The van der Waals surface area contributed by atoms with Crippen molar-refractivity contribution in [3.63, 3.8) is 0 Å². The van der Waals surface area contributed by atoms with Gasteiger partial charge in [-0.15, -0.1) is 56.7 Å². The summed E-state index contributed by atoms with van der Waals surface area (Å²) in [5, 5.41) is 4.04. The molecule has 154 valence electrons. The van der Waals surface area contributed by atoms with Crippen molar-refractivity contribution in [3.8, 4) is 66.9 Å². The van der Waals surface area contributed by atoms with Gasteiger partial charge in [0.05, 0.1) is 19.5 Å². The Kier molecular flexibility index (Phi) is 6.91. The third kappa shape index (κ3) is 5.76. The molecule has 0 aromatic carbocycles. The normalized spacial score (nSPS) is 9.45. The molecule has 0 nitrogen and oxygen atoms in total. The summed E-state index contributed by atoms with van der Waals surface area (Å²) in [5.74, 6) is 24.2. The smallest absolute Gasteiger partial charge is 0.0785 e. The van der Waals surface area contributed by atoms with Gasteiger partial charge in [0, 0.05) is 19.5 Å². The van der Waals surface area contributed by atoms with E-state index in [1.54, 1.807) is 56.7 Å². The molecule has 33 heavy (non-hydrogen) atoms. The third-order valence-electron chi connectivity index (χ3n) is 4.21. The lowest BCUT2D eigenvalue weighted by Gasteiger charge is -1.90. The zero-order valence-corrected chi connectivity index (χ0v) is 21.1. The van der Waals surface area contributed by atoms with Gasteiger partial charge in [0.25, 0.3) is 0 Å². The van der Waals surface area contributed by atoms with Crippen LogP contribution in [0.5, 0.6) is 0 Å². The molecule has 5 aromatic heterocycles. The van der Waals surface area contributed by atoms with Crippen LogP contribution in [0, 0.1) is 47.4 Å². The third-order valence-corrected chi connectivity index (χ3v) is 9.26. The maximum absolute atomic E-state index is 3.15. The molecule has 0 N–H and O–H groups in total. The lowest BCUT2D eigenvalue weighted by molar-refractivity contribution is 1.89. The maximum atomic E-state index is 3.15. The summed E-state index contributed by atoms with van der Waals surface area (Å²) in [4.78, 5) is 9.07. The van der Waals surface area contributed by atoms with E-state index in [4.69, 9.17) is 0 Å². The average Bonchev–Trinajstić information content (AvgIpc) is 3.65. The summed E-state index contributed by atoms with van der Waals surface area (Å²) in [7, 11) is 0. The van der Waals surface area contributed by atoms with Gasteiger partial charge in [-0.1, -0.05) is 12.1 Å². The predicted octanol–water partition coefficient (Wildman–Crippen LogP) is 8.13. The number of thiophene rings is 5. The molecule has 0 aliphatic heterocycles. The van der Waals surface area contributed by atoms with Crippen LogP contribution in [0.1, 0.15) is 19.5 Å². The van der Waals surface area contributed by atoms with Crippen LogP contribution in [0.25, 0.3) is 19.5 Å². The van der Waals surface area contributed by atoms with Crippen molar-refractivity contribution in [2.24, 2.45) is 0 Å². The number of rotatable bonds is 2. The van der Waals surface area contributed by atoms with E-state index >= 15 is 0 Å². The zero-order chi connectivity index (χ0) is 22.3. The molecular formula is C28H12S5. The molecule has 0 spiro atoms. The van der Waals surface area contributed by atoms with E-state index in [1.807, 2.05) is 35.0 Å². The first-order valence-electron chi connectivity index (χ1n) is 9.75. The molecule has 0 aliphatic rings. The zero-order valence-electron chi connectivity index (χ0n) is 17.0. The van der Waals surface area contributed by atoms with Crippen molar-refractivity contribution in [2.75, 3.05) is 0 Å². The summed E-state index contributed by atoms with van der Waals surface area (Å²) in [5.41, 5.74) is 0. The lowest BCUT2D eigenvalue weighted by atomic mass is 10.3. The quantitative estimate of drug-likeness (QED) is 0.211. The molecule has 0 atom stereocenters. The molecule has 0 unspecified atom stereocenters. The molecule has 0 fully saturated rings. The van der Waals surface area contributed by atoms with E-state index in [0.29, 0.717) is 0 Å². The van der Waals surface area contributed by atoms with Crippen LogP contribution in [-0.4, -0.2) is 0 Å². The van der Waals surface area contributed by atoms with Gasteiger partial charge in [-0.05, 0) is 107 Å². The van der Waals surface area contributed by atoms with E-state index in [9.17, 15) is 0 Å². The molecule has 5 rings (SSSR count). The van der Waals surface area contributed by atoms with Gasteiger partial charge in [0.1, 0.15) is 0 Å². The highest BCUT2D eigenvalue weighted by atomic mass is 32.1. The van der Waals surface area contributed by atoms with Crippen LogP contribution in [0.4, 0.5) is 0 Å². The van der Waals surface area contributed by atoms with Gasteiger partial charge in [-0.2, -0.15) is 0 Å². The van der Waals surface area contributed by atoms with Crippen LogP contribution in [-0.2, 0) is 0 Å². The summed E-state index contributed by atoms with van der Waals surface area (Å²) in [6.07, 6.45) is 0. The monoisotopic (exact) mass is 508 g/mol. The van der Waals surface area contributed by atoms with Gasteiger partial charge >= 0.3 is 0 Å². The second-order valence-electron chi connectivity index (χ2n) is 6.45. The fraction of sp³-hybridized carbons (Fsp3) is 0. The SMILES string of the molecule is C(C#Cc1ccc(-c2ccc(-c3ccc(C#CC#Cc4cccs4)s3)s2)s1)#Cc1cccs1. The molecule has 0 saturated carbocycles. The second-order valence-corrected chi connectivity index (χ2v) is 11.6. The molecule has 5 heterocycles. The van der Waals surface area contributed by atoms with E-state index in [1.165, 1.54) is 19.5 Å². The Morgan fingerprint density at radius 2 is 0.788 bits per heavy atom. The first kappa shape index (κ1) is 21.6. The van der Waals surface area contributed by atoms with E-state index < -0.39 is 0 Å². The lowest BCUT2D eigenvalue weighted by Crippen LogP contribution is -1.61. The van der Waals surface area contributed by atoms with E-state index in [2.05, 4.69) is 83.8 Å². The highest BCUT2D eigenvalue weighted by molar-refractivity contribution is 7.26. The van der Waals surface area contributed by atoms with Crippen LogP contribution in [0.2, 0.25) is 0 Å². The Morgan fingerprint density at radius 1 is 0.394 bits per heavy atom. The largest absolute Gasteiger partial charge is 0.135 e. The van der Waals surface area contributed by atoms with Gasteiger partial charge in [0.2, 0.25) is 0 Å². The molecular weight excluding hydrogens is 497 g/mol. The van der Waals surface area contributed by atoms with Crippen molar-refractivity contribution >= 4 is 56.7 Å². The average molecular weight is 509 g/mol. The molecule has 0 aliphatic carbocycles. The van der Waals surface area contributed by atoms with E-state index in [0.717, 1.165) is 19.5 Å². The van der Waals surface area contributed by atoms with Crippen LogP contribution in [0.3, 0.4) is 0 Å². The fourth-order valence-electron chi connectivity index (χ4n) is 2.75. The maximum Gasteiger partial charge on any atom is 0.0785 e. The van der Waals surface area contributed by atoms with Crippen LogP contribution >= 0.6 is 56.7 Å². The van der Waals surface area contributed by atoms with Crippen molar-refractivity contribution in [1.82, 2.24) is 0 Å². The van der Waals surface area contributed by atoms with Gasteiger partial charge < -0.3 is 0 Å². The molecule has 0 radical (unpaired) electrons. The van der Waals surface area contributed by atoms with Gasteiger partial charge in [0.15, 0.2) is 0 Å². The van der Waals surface area contributed by atoms with Crippen LogP contribution in [0.15, 0.2) is 71.4 Å². The molecule has 0 saturated heterocycles. The molecule has 5 aromatic rings. The summed E-state index contributed by atoms with van der Waals surface area (Å²) >= 11 is 8.44. The minimum absolute atomic E-state index is 1.03. The Hall–Kier alpha value is -3.26. The molecule has 5 heteroatoms. The van der Waals surface area contributed by atoms with Gasteiger partial charge in [-0.25, -0.2) is 0 Å². The molecule has 0 bridgehead atoms. The summed E-state index contributed by atoms with van der Waals surface area (Å²) in [6, 6.07) is 20.7. The van der Waals surface area contributed by atoms with Crippen molar-refractivity contribution in [2.45, 2.75) is 0 Å². The molecule has 0 amide bonds. The minimum atomic E-state index is 1.03. The van der Waals surface area contributed by atoms with E-state index in [-0.39, 0.29) is 0 Å². The van der Waals surface area contributed by atoms with Gasteiger partial charge in [-0.3, -0.25) is 0 Å². The fourth-order valence-corrected chi connectivity index (χ4v) is 6.80. The van der Waals surface area contributed by atoms with Crippen molar-refractivity contribution in [3.05, 3.63) is 90.9 Å². The minimum Gasteiger partial charge on any atom is -0.135 e. The topological polar surface area (TPSA) is 0 Å². The summed E-state index contributed by atoms with van der Waals surface area (Å²) in [6.45, 7) is 0. The first-order chi connectivity index (χ1) is 16.3. The Bertz CT molecular complexity index is 1500. The highest BCUT2D eigenvalue weighted by Crippen LogP contribution is 2.39. The first-order valence-corrected chi connectivity index (χ1v) is 14.0. The Balaban J connectivity index is 1.26. The number of hydrogen-bond donors (Lipinski definition) is 0. The standard InChI is InChI=1S/C28H12S5/c1(7-21-11-5-19-29-21)3-9-23-13-15-25(31-23)27-17-18-28(33-27)26-16-14-24(32-26)10-4-2-8-22-12-6-20-30-22/h5-6,11-20H. The van der Waals surface area contributed by atoms with Crippen molar-refractivity contribution in [1.29, 1.82) is 0 Å².